The van der Waals surface area contributed by atoms with E-state index in [9.17, 15) is 5.11 Å². The van der Waals surface area contributed by atoms with Crippen LogP contribution in [0.25, 0.3) is 0 Å². The molecule has 25 heavy (non-hydrogen) atoms. The number of hydrogen-bond acceptors (Lipinski definition) is 2. The van der Waals surface area contributed by atoms with Crippen molar-refractivity contribution in [2.24, 2.45) is 35.0 Å². The van der Waals surface area contributed by atoms with Gasteiger partial charge in [-0.05, 0) is 93.5 Å². The van der Waals surface area contributed by atoms with Gasteiger partial charge in [-0.2, -0.15) is 0 Å². The van der Waals surface area contributed by atoms with E-state index in [0.29, 0.717) is 11.3 Å². The maximum absolute atomic E-state index is 10.8. The van der Waals surface area contributed by atoms with Crippen molar-refractivity contribution < 1.29 is 9.84 Å². The standard InChI is InChI=1S/C23H36O2/c1-14-12-15-13-16(25-5)6-7-17(15)18-10-11-23(4)19(21(14)18)8-9-20(23)22(2,3)24/h6,14,18-21,24H,7-13H2,1-5H3/t14-,18-,19-,20+,21-,23+/m1/s1. The number of allylic oxidation sites excluding steroid dienone is 3. The van der Waals surface area contributed by atoms with E-state index < -0.39 is 5.60 Å². The monoisotopic (exact) mass is 344 g/mol. The summed E-state index contributed by atoms with van der Waals surface area (Å²) in [6.07, 6.45) is 10.9. The first-order valence-electron chi connectivity index (χ1n) is 10.4. The van der Waals surface area contributed by atoms with E-state index in [0.717, 1.165) is 36.5 Å². The zero-order chi connectivity index (χ0) is 18.0. The van der Waals surface area contributed by atoms with Gasteiger partial charge in [-0.25, -0.2) is 0 Å². The highest BCUT2D eigenvalue weighted by molar-refractivity contribution is 5.33. The smallest absolute Gasteiger partial charge is 0.0959 e. The van der Waals surface area contributed by atoms with Gasteiger partial charge in [0.25, 0.3) is 0 Å². The molecule has 2 nitrogen and oxygen atoms in total. The Hall–Kier alpha value is -0.760. The minimum Gasteiger partial charge on any atom is -0.501 e. The molecule has 0 aromatic heterocycles. The third kappa shape index (κ3) is 2.62. The normalized spacial score (nSPS) is 43.9. The minimum atomic E-state index is -0.542. The SMILES string of the molecule is COC1=CCC2=C(C1)C[C@@H](C)[C@@H]1[C@@H]2CC[C@@]2(C)[C@@H]1CC[C@H]2C(C)(C)O. The largest absolute Gasteiger partial charge is 0.501 e. The Morgan fingerprint density at radius 3 is 2.68 bits per heavy atom. The molecule has 0 aromatic carbocycles. The number of ether oxygens (including phenoxy) is 1. The Morgan fingerprint density at radius 1 is 1.24 bits per heavy atom. The lowest BCUT2D eigenvalue weighted by Gasteiger charge is -2.55. The van der Waals surface area contributed by atoms with E-state index in [1.165, 1.54) is 37.9 Å². The maximum Gasteiger partial charge on any atom is 0.0959 e. The second kappa shape index (κ2) is 5.87. The van der Waals surface area contributed by atoms with Crippen LogP contribution in [-0.4, -0.2) is 17.8 Å². The molecule has 0 heterocycles. The molecule has 4 aliphatic rings. The van der Waals surface area contributed by atoms with Crippen LogP contribution in [0.15, 0.2) is 23.0 Å². The van der Waals surface area contributed by atoms with E-state index in [1.54, 1.807) is 11.1 Å². The number of methoxy groups -OCH3 is 1. The van der Waals surface area contributed by atoms with Crippen LogP contribution < -0.4 is 0 Å². The molecule has 0 radical (unpaired) electrons. The first-order valence-corrected chi connectivity index (χ1v) is 10.4. The molecule has 0 spiro atoms. The number of rotatable bonds is 2. The summed E-state index contributed by atoms with van der Waals surface area (Å²) in [5.41, 5.74) is 3.24. The van der Waals surface area contributed by atoms with Gasteiger partial charge in [-0.15, -0.1) is 0 Å². The number of fused-ring (bicyclic) bond motifs is 4. The molecule has 0 saturated heterocycles. The fourth-order valence-electron chi connectivity index (χ4n) is 7.62. The zero-order valence-electron chi connectivity index (χ0n) is 16.8. The molecular weight excluding hydrogens is 308 g/mol. The molecule has 0 aromatic rings. The summed E-state index contributed by atoms with van der Waals surface area (Å²) in [6.45, 7) is 9.08. The van der Waals surface area contributed by atoms with Crippen LogP contribution in [0.3, 0.4) is 0 Å². The lowest BCUT2D eigenvalue weighted by molar-refractivity contribution is -0.0809. The Labute approximate surface area is 153 Å². The molecule has 0 unspecified atom stereocenters. The van der Waals surface area contributed by atoms with Crippen molar-refractivity contribution in [3.63, 3.8) is 0 Å². The summed E-state index contributed by atoms with van der Waals surface area (Å²) < 4.78 is 5.55. The van der Waals surface area contributed by atoms with Crippen molar-refractivity contribution in [2.45, 2.75) is 78.2 Å². The van der Waals surface area contributed by atoms with Crippen LogP contribution in [0.2, 0.25) is 0 Å². The summed E-state index contributed by atoms with van der Waals surface area (Å²) in [6, 6.07) is 0. The fourth-order valence-corrected chi connectivity index (χ4v) is 7.62. The quantitative estimate of drug-likeness (QED) is 0.672. The topological polar surface area (TPSA) is 29.5 Å². The van der Waals surface area contributed by atoms with Crippen molar-refractivity contribution >= 4 is 0 Å². The highest BCUT2D eigenvalue weighted by Crippen LogP contribution is 2.65. The Kier molecular flexibility index (Phi) is 4.15. The van der Waals surface area contributed by atoms with Crippen LogP contribution in [0.4, 0.5) is 0 Å². The zero-order valence-corrected chi connectivity index (χ0v) is 16.8. The summed E-state index contributed by atoms with van der Waals surface area (Å²) in [5, 5.41) is 10.8. The first-order chi connectivity index (χ1) is 11.8. The molecule has 2 fully saturated rings. The van der Waals surface area contributed by atoms with Gasteiger partial charge in [-0.1, -0.05) is 25.0 Å². The Bertz CT molecular complexity index is 608. The van der Waals surface area contributed by atoms with Crippen molar-refractivity contribution in [1.82, 2.24) is 0 Å². The van der Waals surface area contributed by atoms with E-state index in [-0.39, 0.29) is 0 Å². The van der Waals surface area contributed by atoms with Gasteiger partial charge in [0.2, 0.25) is 0 Å². The number of aliphatic hydroxyl groups is 1. The molecule has 140 valence electrons. The Balaban J connectivity index is 1.64. The van der Waals surface area contributed by atoms with E-state index in [4.69, 9.17) is 4.74 Å². The first kappa shape index (κ1) is 17.6. The average Bonchev–Trinajstić information content (AvgIpc) is 2.91. The second-order valence-corrected chi connectivity index (χ2v) is 10.2. The third-order valence-electron chi connectivity index (χ3n) is 8.51. The summed E-state index contributed by atoms with van der Waals surface area (Å²) in [4.78, 5) is 0. The predicted octanol–water partition coefficient (Wildman–Crippen LogP) is 5.48. The lowest BCUT2D eigenvalue weighted by Crippen LogP contribution is -2.50. The van der Waals surface area contributed by atoms with Crippen molar-refractivity contribution in [1.29, 1.82) is 0 Å². The average molecular weight is 345 g/mol. The fraction of sp³-hybridized carbons (Fsp3) is 0.826. The van der Waals surface area contributed by atoms with Crippen LogP contribution >= 0.6 is 0 Å². The van der Waals surface area contributed by atoms with Gasteiger partial charge >= 0.3 is 0 Å². The minimum absolute atomic E-state index is 0.327. The highest BCUT2D eigenvalue weighted by atomic mass is 16.5. The molecule has 2 heteroatoms. The van der Waals surface area contributed by atoms with Gasteiger partial charge < -0.3 is 9.84 Å². The molecule has 1 N–H and O–H groups in total. The third-order valence-corrected chi connectivity index (χ3v) is 8.51. The van der Waals surface area contributed by atoms with Gasteiger partial charge in [0.15, 0.2) is 0 Å². The van der Waals surface area contributed by atoms with Crippen LogP contribution in [-0.2, 0) is 4.74 Å². The highest BCUT2D eigenvalue weighted by Gasteiger charge is 2.59. The van der Waals surface area contributed by atoms with Gasteiger partial charge in [0.05, 0.1) is 18.5 Å². The summed E-state index contributed by atoms with van der Waals surface area (Å²) in [5.74, 6) is 4.80. The van der Waals surface area contributed by atoms with E-state index >= 15 is 0 Å². The molecule has 0 aliphatic heterocycles. The van der Waals surface area contributed by atoms with E-state index in [1.807, 2.05) is 21.0 Å². The van der Waals surface area contributed by atoms with Gasteiger partial charge in [0, 0.05) is 6.42 Å². The van der Waals surface area contributed by atoms with E-state index in [2.05, 4.69) is 19.9 Å². The molecule has 2 saturated carbocycles. The van der Waals surface area contributed by atoms with Crippen LogP contribution in [0.1, 0.15) is 72.6 Å². The molecule has 4 aliphatic carbocycles. The van der Waals surface area contributed by atoms with Crippen molar-refractivity contribution in [3.8, 4) is 0 Å². The second-order valence-electron chi connectivity index (χ2n) is 10.2. The molecular formula is C23H36O2. The van der Waals surface area contributed by atoms with Crippen molar-refractivity contribution in [3.05, 3.63) is 23.0 Å². The van der Waals surface area contributed by atoms with Gasteiger partial charge in [-0.3, -0.25) is 0 Å². The predicted molar refractivity (Wildman–Crippen MR) is 102 cm³/mol. The summed E-state index contributed by atoms with van der Waals surface area (Å²) in [7, 11) is 1.81. The van der Waals surface area contributed by atoms with Gasteiger partial charge in [0.1, 0.15) is 0 Å². The molecule has 0 bridgehead atoms. The molecule has 0 amide bonds. The van der Waals surface area contributed by atoms with Crippen molar-refractivity contribution in [2.75, 3.05) is 7.11 Å². The maximum atomic E-state index is 10.8. The van der Waals surface area contributed by atoms with Crippen LogP contribution in [0, 0.1) is 35.0 Å². The lowest BCUT2D eigenvalue weighted by atomic mass is 9.50. The molecule has 4 rings (SSSR count). The molecule has 6 atom stereocenters. The number of hydrogen-bond donors (Lipinski definition) is 1. The van der Waals surface area contributed by atoms with Crippen LogP contribution in [0.5, 0.6) is 0 Å². The summed E-state index contributed by atoms with van der Waals surface area (Å²) >= 11 is 0. The Morgan fingerprint density at radius 2 is 2.00 bits per heavy atom.